The zero-order valence-corrected chi connectivity index (χ0v) is 45.3. The normalized spacial score (nSPS) is 12.5. The first-order valence-corrected chi connectivity index (χ1v) is 29.8. The SMILES string of the molecule is CCCCCCCCCCCCCCCCCCCC(=O)O[C@H](COC(=O)CCCCCCCCCCCCCCCCCCC(C)C)COC(=O)CCCCCCCCCCC(C)CC. The third-order valence-electron chi connectivity index (χ3n) is 14.1. The van der Waals surface area contributed by atoms with Crippen molar-refractivity contribution in [3.05, 3.63) is 0 Å². The summed E-state index contributed by atoms with van der Waals surface area (Å²) in [6.07, 6.45) is 56.6. The molecule has 6 nitrogen and oxygen atoms in total. The predicted molar refractivity (Wildman–Crippen MR) is 284 cm³/mol. The number of hydrogen-bond acceptors (Lipinski definition) is 6. The summed E-state index contributed by atoms with van der Waals surface area (Å²) in [4.78, 5) is 38.2. The lowest BCUT2D eigenvalue weighted by molar-refractivity contribution is -0.167. The van der Waals surface area contributed by atoms with Gasteiger partial charge in [0.2, 0.25) is 0 Å². The van der Waals surface area contributed by atoms with E-state index in [9.17, 15) is 14.4 Å². The fourth-order valence-electron chi connectivity index (χ4n) is 9.20. The Labute approximate surface area is 412 Å². The first-order valence-electron chi connectivity index (χ1n) is 29.8. The number of carbonyl (C=O) groups is 3. The molecule has 1 unspecified atom stereocenters. The van der Waals surface area contributed by atoms with E-state index in [1.807, 2.05) is 0 Å². The van der Waals surface area contributed by atoms with Gasteiger partial charge in [-0.2, -0.15) is 0 Å². The molecule has 0 aromatic heterocycles. The number of rotatable bonds is 54. The van der Waals surface area contributed by atoms with Gasteiger partial charge >= 0.3 is 17.9 Å². The van der Waals surface area contributed by atoms with Gasteiger partial charge in [-0.3, -0.25) is 14.4 Å². The van der Waals surface area contributed by atoms with Crippen LogP contribution >= 0.6 is 0 Å². The summed E-state index contributed by atoms with van der Waals surface area (Å²) in [6, 6.07) is 0. The molecule has 0 saturated carbocycles. The van der Waals surface area contributed by atoms with Crippen molar-refractivity contribution >= 4 is 17.9 Å². The quantitative estimate of drug-likeness (QED) is 0.0343. The highest BCUT2D eigenvalue weighted by atomic mass is 16.6. The maximum absolute atomic E-state index is 12.9. The van der Waals surface area contributed by atoms with Crippen LogP contribution in [0.25, 0.3) is 0 Å². The van der Waals surface area contributed by atoms with Gasteiger partial charge < -0.3 is 14.2 Å². The van der Waals surface area contributed by atoms with Crippen LogP contribution in [-0.2, 0) is 28.6 Å². The number of carbonyl (C=O) groups excluding carboxylic acids is 3. The van der Waals surface area contributed by atoms with Crippen LogP contribution in [0.4, 0.5) is 0 Å². The first kappa shape index (κ1) is 64.4. The number of ether oxygens (including phenoxy) is 3. The summed E-state index contributed by atoms with van der Waals surface area (Å²) in [5, 5.41) is 0. The molecular formula is C60H116O6. The van der Waals surface area contributed by atoms with Gasteiger partial charge in [0.05, 0.1) is 0 Å². The summed E-state index contributed by atoms with van der Waals surface area (Å²) in [5.41, 5.74) is 0. The maximum atomic E-state index is 12.9. The van der Waals surface area contributed by atoms with Crippen LogP contribution in [0.3, 0.4) is 0 Å². The second-order valence-corrected chi connectivity index (χ2v) is 21.4. The molecule has 0 amide bonds. The fourth-order valence-corrected chi connectivity index (χ4v) is 9.20. The predicted octanol–water partition coefficient (Wildman–Crippen LogP) is 19.7. The average molecular weight is 934 g/mol. The monoisotopic (exact) mass is 933 g/mol. The van der Waals surface area contributed by atoms with Crippen molar-refractivity contribution in [1.29, 1.82) is 0 Å². The standard InChI is InChI=1S/C60H116O6/c1-6-8-9-10-11-12-13-14-15-16-21-24-27-30-37-42-47-52-60(63)66-57(54-65-59(62)51-46-41-36-32-31-34-39-44-49-56(5)7-2)53-64-58(61)50-45-40-35-29-26-23-20-18-17-19-22-25-28-33-38-43-48-55(3)4/h55-57H,6-54H2,1-5H3/t56?,57-/m1/s1. The molecule has 0 heterocycles. The highest BCUT2D eigenvalue weighted by Gasteiger charge is 2.19. The minimum absolute atomic E-state index is 0.0628. The molecule has 0 fully saturated rings. The summed E-state index contributed by atoms with van der Waals surface area (Å²) in [7, 11) is 0. The summed E-state index contributed by atoms with van der Waals surface area (Å²) in [5.74, 6) is 0.862. The first-order chi connectivity index (χ1) is 32.3. The van der Waals surface area contributed by atoms with E-state index in [1.165, 1.54) is 225 Å². The Balaban J connectivity index is 4.27. The van der Waals surface area contributed by atoms with Gasteiger partial charge in [-0.05, 0) is 31.1 Å². The zero-order chi connectivity index (χ0) is 48.2. The molecule has 0 aliphatic heterocycles. The lowest BCUT2D eigenvalue weighted by Crippen LogP contribution is -2.30. The molecule has 0 saturated heterocycles. The second-order valence-electron chi connectivity index (χ2n) is 21.4. The van der Waals surface area contributed by atoms with Crippen molar-refractivity contribution in [3.8, 4) is 0 Å². The molecule has 0 radical (unpaired) electrons. The molecule has 0 aliphatic rings. The van der Waals surface area contributed by atoms with E-state index in [0.717, 1.165) is 69.6 Å². The van der Waals surface area contributed by atoms with Crippen molar-refractivity contribution in [2.45, 2.75) is 343 Å². The highest BCUT2D eigenvalue weighted by Crippen LogP contribution is 2.19. The van der Waals surface area contributed by atoms with E-state index < -0.39 is 6.10 Å². The minimum atomic E-state index is -0.763. The summed E-state index contributed by atoms with van der Waals surface area (Å²) < 4.78 is 16.9. The molecule has 66 heavy (non-hydrogen) atoms. The number of unbranched alkanes of at least 4 members (excludes halogenated alkanes) is 38. The molecule has 6 heteroatoms. The van der Waals surface area contributed by atoms with E-state index in [4.69, 9.17) is 14.2 Å². The smallest absolute Gasteiger partial charge is 0.306 e. The van der Waals surface area contributed by atoms with Gasteiger partial charge in [0.25, 0.3) is 0 Å². The van der Waals surface area contributed by atoms with Crippen LogP contribution in [0.5, 0.6) is 0 Å². The van der Waals surface area contributed by atoms with Crippen LogP contribution in [0.2, 0.25) is 0 Å². The van der Waals surface area contributed by atoms with E-state index in [2.05, 4.69) is 34.6 Å². The molecule has 2 atom stereocenters. The topological polar surface area (TPSA) is 78.9 Å². The Morgan fingerprint density at radius 3 is 0.864 bits per heavy atom. The lowest BCUT2D eigenvalue weighted by atomic mass is 9.99. The average Bonchev–Trinajstić information content (AvgIpc) is 3.30. The molecule has 0 bridgehead atoms. The molecule has 0 rings (SSSR count). The lowest BCUT2D eigenvalue weighted by Gasteiger charge is -2.18. The summed E-state index contributed by atoms with van der Waals surface area (Å²) >= 11 is 0. The Bertz CT molecular complexity index is 1010. The number of hydrogen-bond donors (Lipinski definition) is 0. The van der Waals surface area contributed by atoms with Crippen molar-refractivity contribution in [1.82, 2.24) is 0 Å². The Kier molecular flexibility index (Phi) is 51.5. The van der Waals surface area contributed by atoms with Gasteiger partial charge in [-0.25, -0.2) is 0 Å². The molecule has 392 valence electrons. The van der Waals surface area contributed by atoms with Gasteiger partial charge in [0.1, 0.15) is 13.2 Å². The van der Waals surface area contributed by atoms with Crippen LogP contribution in [0.1, 0.15) is 336 Å². The minimum Gasteiger partial charge on any atom is -0.462 e. The Morgan fingerprint density at radius 1 is 0.318 bits per heavy atom. The van der Waals surface area contributed by atoms with E-state index in [1.54, 1.807) is 0 Å². The van der Waals surface area contributed by atoms with Crippen molar-refractivity contribution < 1.29 is 28.6 Å². The third-order valence-corrected chi connectivity index (χ3v) is 14.1. The van der Waals surface area contributed by atoms with Gasteiger partial charge in [0.15, 0.2) is 6.10 Å². The third kappa shape index (κ3) is 51.8. The zero-order valence-electron chi connectivity index (χ0n) is 45.3. The van der Waals surface area contributed by atoms with Crippen molar-refractivity contribution in [2.24, 2.45) is 11.8 Å². The molecule has 0 N–H and O–H groups in total. The fraction of sp³-hybridized carbons (Fsp3) is 0.950. The molecule has 0 spiro atoms. The Morgan fingerprint density at radius 2 is 0.576 bits per heavy atom. The van der Waals surface area contributed by atoms with Gasteiger partial charge in [0, 0.05) is 19.3 Å². The molecule has 0 aromatic carbocycles. The highest BCUT2D eigenvalue weighted by molar-refractivity contribution is 5.71. The van der Waals surface area contributed by atoms with Gasteiger partial charge in [-0.15, -0.1) is 0 Å². The second kappa shape index (κ2) is 52.8. The molecule has 0 aromatic rings. The van der Waals surface area contributed by atoms with Crippen molar-refractivity contribution in [2.75, 3.05) is 13.2 Å². The Hall–Kier alpha value is -1.59. The van der Waals surface area contributed by atoms with Gasteiger partial charge in [-0.1, -0.05) is 298 Å². The van der Waals surface area contributed by atoms with E-state index in [0.29, 0.717) is 19.3 Å². The largest absolute Gasteiger partial charge is 0.462 e. The van der Waals surface area contributed by atoms with Crippen LogP contribution < -0.4 is 0 Å². The maximum Gasteiger partial charge on any atom is 0.306 e. The van der Waals surface area contributed by atoms with E-state index in [-0.39, 0.29) is 31.1 Å². The van der Waals surface area contributed by atoms with Crippen LogP contribution in [0.15, 0.2) is 0 Å². The number of esters is 3. The molecule has 0 aliphatic carbocycles. The molecular weight excluding hydrogens is 817 g/mol. The van der Waals surface area contributed by atoms with Crippen LogP contribution in [-0.4, -0.2) is 37.2 Å². The van der Waals surface area contributed by atoms with Crippen molar-refractivity contribution in [3.63, 3.8) is 0 Å². The van der Waals surface area contributed by atoms with Crippen LogP contribution in [0, 0.1) is 11.8 Å². The summed E-state index contributed by atoms with van der Waals surface area (Å²) in [6.45, 7) is 11.4. The van der Waals surface area contributed by atoms with E-state index >= 15 is 0 Å².